The van der Waals surface area contributed by atoms with Crippen LogP contribution in [-0.2, 0) is 13.5 Å². The third-order valence-electron chi connectivity index (χ3n) is 2.60. The van der Waals surface area contributed by atoms with Gasteiger partial charge in [0, 0.05) is 12.5 Å². The van der Waals surface area contributed by atoms with Crippen molar-refractivity contribution in [2.24, 2.45) is 7.05 Å². The van der Waals surface area contributed by atoms with Gasteiger partial charge in [0.05, 0.1) is 6.10 Å². The Morgan fingerprint density at radius 3 is 2.80 bits per heavy atom. The number of fused-ring (bicyclic) bond motifs is 1. The number of aromatic nitrogens is 1. The van der Waals surface area contributed by atoms with Gasteiger partial charge in [-0.15, -0.1) is 0 Å². The summed E-state index contributed by atoms with van der Waals surface area (Å²) in [4.78, 5) is 0. The summed E-state index contributed by atoms with van der Waals surface area (Å²) in [6.07, 6.45) is 1.57. The zero-order valence-electron chi connectivity index (χ0n) is 9.10. The Hall–Kier alpha value is -0.930. The van der Waals surface area contributed by atoms with Crippen molar-refractivity contribution in [1.82, 2.24) is 0 Å². The first-order valence-electron chi connectivity index (χ1n) is 5.23. The van der Waals surface area contributed by atoms with E-state index in [-0.39, 0.29) is 6.10 Å². The van der Waals surface area contributed by atoms with Crippen molar-refractivity contribution < 1.29 is 9.67 Å². The number of para-hydroxylation sites is 1. The summed E-state index contributed by atoms with van der Waals surface area (Å²) in [5.74, 6) is 0. The van der Waals surface area contributed by atoms with E-state index in [4.69, 9.17) is 0 Å². The summed E-state index contributed by atoms with van der Waals surface area (Å²) in [5, 5.41) is 10.6. The molecule has 0 saturated heterocycles. The molecular weight excluding hydrogens is 206 g/mol. The van der Waals surface area contributed by atoms with E-state index in [2.05, 4.69) is 35.9 Å². The van der Waals surface area contributed by atoms with Gasteiger partial charge in [0.25, 0.3) is 0 Å². The largest absolute Gasteiger partial charge is 0.393 e. The molecule has 2 aromatic rings. The van der Waals surface area contributed by atoms with Crippen molar-refractivity contribution in [3.05, 3.63) is 29.3 Å². The molecule has 0 bridgehead atoms. The van der Waals surface area contributed by atoms with Gasteiger partial charge in [0.15, 0.2) is 0 Å². The van der Waals surface area contributed by atoms with Gasteiger partial charge in [-0.05, 0) is 19.4 Å². The van der Waals surface area contributed by atoms with Gasteiger partial charge in [-0.3, -0.25) is 0 Å². The second-order valence-corrected chi connectivity index (χ2v) is 5.03. The number of rotatable bonds is 3. The van der Waals surface area contributed by atoms with Crippen LogP contribution in [0.25, 0.3) is 10.2 Å². The maximum atomic E-state index is 9.27. The summed E-state index contributed by atoms with van der Waals surface area (Å²) in [6, 6.07) is 8.41. The molecule has 1 atom stereocenters. The maximum Gasteiger partial charge on any atom is 0.238 e. The third kappa shape index (κ3) is 2.19. The molecule has 0 saturated carbocycles. The standard InChI is InChI=1S/C12H16NOS/c1-9(14)7-8-12-13(2)10-5-3-4-6-11(10)15-12/h3-6,9,14H,7-8H2,1-2H3/q+1/t9-/m1/s1. The quantitative estimate of drug-likeness (QED) is 0.790. The van der Waals surface area contributed by atoms with E-state index in [9.17, 15) is 5.11 Å². The van der Waals surface area contributed by atoms with Crippen LogP contribution in [0.15, 0.2) is 24.3 Å². The molecule has 1 heterocycles. The van der Waals surface area contributed by atoms with Crippen molar-refractivity contribution in [3.63, 3.8) is 0 Å². The summed E-state index contributed by atoms with van der Waals surface area (Å²) in [6.45, 7) is 1.84. The number of thiazole rings is 1. The van der Waals surface area contributed by atoms with Crippen LogP contribution in [0.4, 0.5) is 0 Å². The molecule has 0 aliphatic rings. The summed E-state index contributed by atoms with van der Waals surface area (Å²) in [5.41, 5.74) is 1.28. The molecule has 2 nitrogen and oxygen atoms in total. The Morgan fingerprint density at radius 1 is 1.40 bits per heavy atom. The molecule has 0 aliphatic heterocycles. The number of aliphatic hydroxyl groups excluding tert-OH is 1. The normalized spacial score (nSPS) is 13.3. The van der Waals surface area contributed by atoms with Crippen LogP contribution < -0.4 is 4.57 Å². The Morgan fingerprint density at radius 2 is 2.13 bits per heavy atom. The number of hydrogen-bond donors (Lipinski definition) is 1. The molecule has 3 heteroatoms. The zero-order valence-corrected chi connectivity index (χ0v) is 9.92. The van der Waals surface area contributed by atoms with Crippen molar-refractivity contribution in [2.45, 2.75) is 25.9 Å². The van der Waals surface area contributed by atoms with E-state index < -0.39 is 0 Å². The summed E-state index contributed by atoms with van der Waals surface area (Å²) in [7, 11) is 2.09. The molecule has 0 unspecified atom stereocenters. The van der Waals surface area contributed by atoms with E-state index in [1.165, 1.54) is 15.2 Å². The minimum Gasteiger partial charge on any atom is -0.393 e. The molecular formula is C12H16NOS+. The highest BCUT2D eigenvalue weighted by Gasteiger charge is 2.16. The van der Waals surface area contributed by atoms with E-state index in [0.717, 1.165) is 12.8 Å². The molecule has 0 radical (unpaired) electrons. The smallest absolute Gasteiger partial charge is 0.238 e. The highest BCUT2D eigenvalue weighted by molar-refractivity contribution is 7.18. The Labute approximate surface area is 93.8 Å². The molecule has 0 amide bonds. The van der Waals surface area contributed by atoms with Crippen LogP contribution in [0, 0.1) is 0 Å². The number of hydrogen-bond acceptors (Lipinski definition) is 2. The minimum atomic E-state index is -0.213. The van der Waals surface area contributed by atoms with E-state index in [1.54, 1.807) is 0 Å². The zero-order chi connectivity index (χ0) is 10.8. The number of benzene rings is 1. The number of aliphatic hydroxyl groups is 1. The lowest BCUT2D eigenvalue weighted by Crippen LogP contribution is -2.31. The lowest BCUT2D eigenvalue weighted by atomic mass is 10.2. The average molecular weight is 222 g/mol. The van der Waals surface area contributed by atoms with E-state index in [0.29, 0.717) is 0 Å². The molecule has 80 valence electrons. The molecule has 0 fully saturated rings. The summed E-state index contributed by atoms with van der Waals surface area (Å²) < 4.78 is 3.54. The third-order valence-corrected chi connectivity index (χ3v) is 3.88. The fraction of sp³-hybridized carbons (Fsp3) is 0.417. The van der Waals surface area contributed by atoms with Gasteiger partial charge in [-0.1, -0.05) is 23.5 Å². The van der Waals surface area contributed by atoms with Crippen LogP contribution in [0.5, 0.6) is 0 Å². The number of aryl methyl sites for hydroxylation is 2. The first-order valence-corrected chi connectivity index (χ1v) is 6.04. The number of nitrogens with zero attached hydrogens (tertiary/aromatic N) is 1. The Kier molecular flexibility index (Phi) is 3.03. The SMILES string of the molecule is C[C@@H](O)CCc1sc2ccccc2[n+]1C. The van der Waals surface area contributed by atoms with Gasteiger partial charge in [0.1, 0.15) is 11.7 Å². The van der Waals surface area contributed by atoms with Crippen molar-refractivity contribution in [2.75, 3.05) is 0 Å². The first kappa shape index (κ1) is 10.6. The second-order valence-electron chi connectivity index (χ2n) is 3.91. The van der Waals surface area contributed by atoms with Gasteiger partial charge >= 0.3 is 0 Å². The van der Waals surface area contributed by atoms with Gasteiger partial charge in [-0.25, -0.2) is 0 Å². The van der Waals surface area contributed by atoms with Crippen LogP contribution in [0.1, 0.15) is 18.4 Å². The average Bonchev–Trinajstić information content (AvgIpc) is 2.54. The van der Waals surface area contributed by atoms with Crippen molar-refractivity contribution >= 4 is 21.6 Å². The Balaban J connectivity index is 2.32. The van der Waals surface area contributed by atoms with Gasteiger partial charge in [0.2, 0.25) is 10.5 Å². The van der Waals surface area contributed by atoms with E-state index >= 15 is 0 Å². The van der Waals surface area contributed by atoms with Crippen LogP contribution in [0.2, 0.25) is 0 Å². The fourth-order valence-electron chi connectivity index (χ4n) is 1.70. The lowest BCUT2D eigenvalue weighted by molar-refractivity contribution is -0.648. The molecule has 1 aromatic heterocycles. The maximum absolute atomic E-state index is 9.27. The van der Waals surface area contributed by atoms with Crippen LogP contribution in [-0.4, -0.2) is 11.2 Å². The van der Waals surface area contributed by atoms with Crippen LogP contribution in [0.3, 0.4) is 0 Å². The molecule has 0 spiro atoms. The topological polar surface area (TPSA) is 24.1 Å². The summed E-state index contributed by atoms with van der Waals surface area (Å²) >= 11 is 1.82. The van der Waals surface area contributed by atoms with Crippen molar-refractivity contribution in [3.8, 4) is 0 Å². The first-order chi connectivity index (χ1) is 7.18. The minimum absolute atomic E-state index is 0.213. The second kappa shape index (κ2) is 4.29. The van der Waals surface area contributed by atoms with E-state index in [1.807, 2.05) is 18.3 Å². The molecule has 0 aliphatic carbocycles. The van der Waals surface area contributed by atoms with Gasteiger partial charge in [-0.2, -0.15) is 4.57 Å². The predicted octanol–water partition coefficient (Wildman–Crippen LogP) is 2.04. The Bertz CT molecular complexity index is 462. The highest BCUT2D eigenvalue weighted by Crippen LogP contribution is 2.20. The molecule has 2 rings (SSSR count). The van der Waals surface area contributed by atoms with Crippen molar-refractivity contribution in [1.29, 1.82) is 0 Å². The predicted molar refractivity (Wildman–Crippen MR) is 63.0 cm³/mol. The molecule has 15 heavy (non-hydrogen) atoms. The monoisotopic (exact) mass is 222 g/mol. The molecule has 1 aromatic carbocycles. The lowest BCUT2D eigenvalue weighted by Gasteiger charge is -1.98. The van der Waals surface area contributed by atoms with Crippen LogP contribution >= 0.6 is 11.3 Å². The van der Waals surface area contributed by atoms with Gasteiger partial charge < -0.3 is 5.11 Å². The highest BCUT2D eigenvalue weighted by atomic mass is 32.1. The fourth-order valence-corrected chi connectivity index (χ4v) is 2.87. The molecule has 1 N–H and O–H groups in total.